The molecule has 2 rings (SSSR count). The van der Waals surface area contributed by atoms with Crippen LogP contribution in [0.3, 0.4) is 0 Å². The predicted octanol–water partition coefficient (Wildman–Crippen LogP) is 2.12. The third kappa shape index (κ3) is 4.71. The van der Waals surface area contributed by atoms with Gasteiger partial charge in [-0.05, 0) is 32.3 Å². The Kier molecular flexibility index (Phi) is 6.39. The lowest BCUT2D eigenvalue weighted by Gasteiger charge is -2.33. The number of carbonyl (C=O) groups excluding carboxylic acids is 2. The fourth-order valence-corrected chi connectivity index (χ4v) is 3.18. The van der Waals surface area contributed by atoms with Crippen LogP contribution in [0.15, 0.2) is 23.1 Å². The van der Waals surface area contributed by atoms with Gasteiger partial charge < -0.3 is 15.2 Å². The molecule has 6 nitrogen and oxygen atoms in total. The normalized spacial score (nSPS) is 18.0. The van der Waals surface area contributed by atoms with E-state index in [1.165, 1.54) is 10.6 Å². The van der Waals surface area contributed by atoms with Gasteiger partial charge in [0.15, 0.2) is 0 Å². The van der Waals surface area contributed by atoms with Gasteiger partial charge >= 0.3 is 0 Å². The third-order valence-electron chi connectivity index (χ3n) is 5.10. The van der Waals surface area contributed by atoms with E-state index in [0.717, 1.165) is 32.1 Å². The fourth-order valence-electron chi connectivity index (χ4n) is 3.18. The highest BCUT2D eigenvalue weighted by molar-refractivity contribution is 5.99. The minimum Gasteiger partial charge on any atom is -0.352 e. The van der Waals surface area contributed by atoms with Gasteiger partial charge in [0.2, 0.25) is 5.91 Å². The monoisotopic (exact) mass is 347 g/mol. The second-order valence-corrected chi connectivity index (χ2v) is 7.10. The Morgan fingerprint density at radius 2 is 1.88 bits per heavy atom. The van der Waals surface area contributed by atoms with Crippen LogP contribution in [0.1, 0.15) is 69.2 Å². The number of rotatable bonds is 5. The van der Waals surface area contributed by atoms with E-state index in [1.54, 1.807) is 19.3 Å². The van der Waals surface area contributed by atoms with E-state index in [0.29, 0.717) is 18.4 Å². The molecule has 1 fully saturated rings. The van der Waals surface area contributed by atoms with Crippen molar-refractivity contribution < 1.29 is 9.59 Å². The van der Waals surface area contributed by atoms with Crippen molar-refractivity contribution in [2.45, 2.75) is 70.4 Å². The number of pyridine rings is 1. The summed E-state index contributed by atoms with van der Waals surface area (Å²) in [6, 6.07) is 2.98. The lowest BCUT2D eigenvalue weighted by atomic mass is 9.88. The summed E-state index contributed by atoms with van der Waals surface area (Å²) in [5.74, 6) is -0.472. The van der Waals surface area contributed by atoms with E-state index in [2.05, 4.69) is 10.6 Å². The molecule has 138 valence electrons. The van der Waals surface area contributed by atoms with Crippen molar-refractivity contribution >= 4 is 11.8 Å². The summed E-state index contributed by atoms with van der Waals surface area (Å²) in [5.41, 5.74) is -0.840. The molecule has 1 heterocycles. The van der Waals surface area contributed by atoms with Gasteiger partial charge in [-0.25, -0.2) is 0 Å². The molecular formula is C19H29N3O3. The first-order chi connectivity index (χ1) is 11.9. The molecule has 0 bridgehead atoms. The van der Waals surface area contributed by atoms with Crippen molar-refractivity contribution in [1.82, 2.24) is 15.2 Å². The molecule has 0 radical (unpaired) electrons. The summed E-state index contributed by atoms with van der Waals surface area (Å²) in [5, 5.41) is 5.99. The number of aryl methyl sites for hydroxylation is 1. The van der Waals surface area contributed by atoms with E-state index in [9.17, 15) is 14.4 Å². The molecule has 0 aromatic carbocycles. The smallest absolute Gasteiger partial charge is 0.252 e. The zero-order valence-electron chi connectivity index (χ0n) is 15.4. The average Bonchev–Trinajstić information content (AvgIpc) is 2.83. The Balaban J connectivity index is 2.25. The minimum absolute atomic E-state index is 0.0635. The van der Waals surface area contributed by atoms with Crippen molar-refractivity contribution in [3.8, 4) is 0 Å². The molecule has 1 atom stereocenters. The molecular weight excluding hydrogens is 318 g/mol. The molecule has 1 aromatic rings. The molecule has 0 spiro atoms. The van der Waals surface area contributed by atoms with Crippen LogP contribution >= 0.6 is 0 Å². The zero-order chi connectivity index (χ0) is 18.4. The number of nitrogens with one attached hydrogen (secondary N) is 2. The van der Waals surface area contributed by atoms with Gasteiger partial charge in [0.05, 0.1) is 0 Å². The fraction of sp³-hybridized carbons (Fsp3) is 0.632. The van der Waals surface area contributed by atoms with Crippen molar-refractivity contribution in [3.63, 3.8) is 0 Å². The SMILES string of the molecule is CC[C@H](C)NC(=O)C1(NC(=O)c2ccn(C)c(=O)c2)CCCCCC1. The van der Waals surface area contributed by atoms with Crippen LogP contribution in [0.5, 0.6) is 0 Å². The Hall–Kier alpha value is -2.11. The maximum absolute atomic E-state index is 12.9. The van der Waals surface area contributed by atoms with Crippen LogP contribution in [0.25, 0.3) is 0 Å². The molecule has 2 N–H and O–H groups in total. The first-order valence-electron chi connectivity index (χ1n) is 9.18. The highest BCUT2D eigenvalue weighted by Gasteiger charge is 2.40. The van der Waals surface area contributed by atoms with Crippen molar-refractivity contribution in [3.05, 3.63) is 34.2 Å². The first-order valence-corrected chi connectivity index (χ1v) is 9.18. The Morgan fingerprint density at radius 3 is 2.44 bits per heavy atom. The van der Waals surface area contributed by atoms with Gasteiger partial charge in [0.25, 0.3) is 11.5 Å². The largest absolute Gasteiger partial charge is 0.352 e. The van der Waals surface area contributed by atoms with Gasteiger partial charge in [-0.1, -0.05) is 32.6 Å². The Labute approximate surface area is 149 Å². The molecule has 1 saturated carbocycles. The summed E-state index contributed by atoms with van der Waals surface area (Å²) in [6.07, 6.45) is 7.62. The zero-order valence-corrected chi connectivity index (χ0v) is 15.4. The van der Waals surface area contributed by atoms with Crippen LogP contribution in [0, 0.1) is 0 Å². The van der Waals surface area contributed by atoms with E-state index in [4.69, 9.17) is 0 Å². The number of aromatic nitrogens is 1. The topological polar surface area (TPSA) is 80.2 Å². The molecule has 1 aromatic heterocycles. The minimum atomic E-state index is -0.891. The number of hydrogen-bond donors (Lipinski definition) is 2. The Morgan fingerprint density at radius 1 is 1.24 bits per heavy atom. The Bertz CT molecular complexity index is 673. The molecule has 2 amide bonds. The van der Waals surface area contributed by atoms with E-state index >= 15 is 0 Å². The standard InChI is InChI=1S/C19H29N3O3/c1-4-14(2)20-18(25)19(10-7-5-6-8-11-19)21-17(24)15-9-12-22(3)16(23)13-15/h9,12-14H,4-8,10-11H2,1-3H3,(H,20,25)(H,21,24)/t14-/m0/s1. The van der Waals surface area contributed by atoms with E-state index < -0.39 is 5.54 Å². The number of amides is 2. The summed E-state index contributed by atoms with van der Waals surface area (Å²) >= 11 is 0. The van der Waals surface area contributed by atoms with Crippen molar-refractivity contribution in [1.29, 1.82) is 0 Å². The summed E-state index contributed by atoms with van der Waals surface area (Å²) in [6.45, 7) is 3.98. The van der Waals surface area contributed by atoms with Gasteiger partial charge in [0.1, 0.15) is 5.54 Å². The number of nitrogens with zero attached hydrogens (tertiary/aromatic N) is 1. The van der Waals surface area contributed by atoms with Gasteiger partial charge in [0, 0.05) is 30.9 Å². The maximum atomic E-state index is 12.9. The maximum Gasteiger partial charge on any atom is 0.252 e. The van der Waals surface area contributed by atoms with Crippen LogP contribution in [-0.2, 0) is 11.8 Å². The average molecular weight is 347 g/mol. The molecule has 6 heteroatoms. The molecule has 0 aliphatic heterocycles. The van der Waals surface area contributed by atoms with Crippen LogP contribution in [0.2, 0.25) is 0 Å². The summed E-state index contributed by atoms with van der Waals surface area (Å²) in [4.78, 5) is 37.4. The summed E-state index contributed by atoms with van der Waals surface area (Å²) < 4.78 is 1.41. The molecule has 1 aliphatic rings. The third-order valence-corrected chi connectivity index (χ3v) is 5.10. The van der Waals surface area contributed by atoms with Gasteiger partial charge in [-0.15, -0.1) is 0 Å². The van der Waals surface area contributed by atoms with Crippen LogP contribution in [0.4, 0.5) is 0 Å². The van der Waals surface area contributed by atoms with E-state index in [1.807, 2.05) is 13.8 Å². The highest BCUT2D eigenvalue weighted by Crippen LogP contribution is 2.28. The summed E-state index contributed by atoms with van der Waals surface area (Å²) in [7, 11) is 1.64. The van der Waals surface area contributed by atoms with Crippen molar-refractivity contribution in [2.24, 2.45) is 7.05 Å². The molecule has 1 aliphatic carbocycles. The van der Waals surface area contributed by atoms with Gasteiger partial charge in [-0.3, -0.25) is 14.4 Å². The molecule has 0 saturated heterocycles. The predicted molar refractivity (Wildman–Crippen MR) is 97.5 cm³/mol. The second kappa shape index (κ2) is 8.32. The number of carbonyl (C=O) groups is 2. The quantitative estimate of drug-likeness (QED) is 0.801. The van der Waals surface area contributed by atoms with E-state index in [-0.39, 0.29) is 23.4 Å². The lowest BCUT2D eigenvalue weighted by molar-refractivity contribution is -0.128. The second-order valence-electron chi connectivity index (χ2n) is 7.10. The van der Waals surface area contributed by atoms with Crippen LogP contribution < -0.4 is 16.2 Å². The number of hydrogen-bond acceptors (Lipinski definition) is 3. The van der Waals surface area contributed by atoms with Crippen molar-refractivity contribution in [2.75, 3.05) is 0 Å². The van der Waals surface area contributed by atoms with Gasteiger partial charge in [-0.2, -0.15) is 0 Å². The lowest BCUT2D eigenvalue weighted by Crippen LogP contribution is -2.59. The molecule has 25 heavy (non-hydrogen) atoms. The highest BCUT2D eigenvalue weighted by atomic mass is 16.2. The molecule has 0 unspecified atom stereocenters. The van der Waals surface area contributed by atoms with Crippen LogP contribution in [-0.4, -0.2) is 28.0 Å². The first kappa shape index (κ1) is 19.2.